The average molecular weight is 307 g/mol. The number of rotatable bonds is 2. The minimum Gasteiger partial charge on any atom is -0.346 e. The van der Waals surface area contributed by atoms with E-state index in [-0.39, 0.29) is 17.3 Å². The van der Waals surface area contributed by atoms with E-state index < -0.39 is 0 Å². The average Bonchev–Trinajstić information content (AvgIpc) is 2.86. The Bertz CT molecular complexity index is 667. The molecule has 1 fully saturated rings. The van der Waals surface area contributed by atoms with Gasteiger partial charge >= 0.3 is 0 Å². The van der Waals surface area contributed by atoms with E-state index in [9.17, 15) is 4.79 Å². The highest BCUT2D eigenvalue weighted by atomic mass is 35.5. The molecular formula is C15H15ClN2OS. The maximum absolute atomic E-state index is 12.4. The minimum absolute atomic E-state index is 0.00451. The Morgan fingerprint density at radius 1 is 1.45 bits per heavy atom. The lowest BCUT2D eigenvalue weighted by atomic mass is 9.91. The number of hydrogen-bond donors (Lipinski definition) is 1. The van der Waals surface area contributed by atoms with Crippen LogP contribution in [0.15, 0.2) is 36.4 Å². The van der Waals surface area contributed by atoms with Crippen LogP contribution in [-0.4, -0.2) is 21.7 Å². The molecule has 5 heteroatoms. The van der Waals surface area contributed by atoms with Gasteiger partial charge in [0.25, 0.3) is 5.91 Å². The number of amides is 1. The molecule has 1 aromatic carbocycles. The molecule has 2 aromatic rings. The summed E-state index contributed by atoms with van der Waals surface area (Å²) in [5, 5.41) is 3.84. The number of hydrogen-bond acceptors (Lipinski definition) is 3. The number of aromatic nitrogens is 1. The lowest BCUT2D eigenvalue weighted by Gasteiger charge is -2.29. The van der Waals surface area contributed by atoms with E-state index in [1.54, 1.807) is 0 Å². The molecule has 0 spiro atoms. The van der Waals surface area contributed by atoms with Crippen molar-refractivity contribution < 1.29 is 4.79 Å². The summed E-state index contributed by atoms with van der Waals surface area (Å²) in [4.78, 5) is 12.4. The number of benzene rings is 1. The predicted octanol–water partition coefficient (Wildman–Crippen LogP) is 3.74. The zero-order valence-electron chi connectivity index (χ0n) is 10.9. The van der Waals surface area contributed by atoms with Gasteiger partial charge in [-0.2, -0.15) is 4.37 Å². The molecule has 1 aliphatic carbocycles. The van der Waals surface area contributed by atoms with Gasteiger partial charge in [-0.1, -0.05) is 30.4 Å². The normalized spacial score (nSPS) is 22.9. The summed E-state index contributed by atoms with van der Waals surface area (Å²) >= 11 is 7.66. The van der Waals surface area contributed by atoms with E-state index in [4.69, 9.17) is 11.6 Å². The van der Waals surface area contributed by atoms with Gasteiger partial charge < -0.3 is 5.32 Å². The van der Waals surface area contributed by atoms with Crippen LogP contribution in [-0.2, 0) is 0 Å². The second-order valence-electron chi connectivity index (χ2n) is 5.12. The zero-order chi connectivity index (χ0) is 14.1. The van der Waals surface area contributed by atoms with Crippen LogP contribution in [0.1, 0.15) is 29.8 Å². The highest BCUT2D eigenvalue weighted by molar-refractivity contribution is 7.13. The van der Waals surface area contributed by atoms with Gasteiger partial charge in [-0.05, 0) is 36.9 Å². The number of halogens is 1. The van der Waals surface area contributed by atoms with E-state index in [0.717, 1.165) is 34.9 Å². The van der Waals surface area contributed by atoms with Crippen LogP contribution in [0.2, 0.25) is 0 Å². The molecule has 20 heavy (non-hydrogen) atoms. The Morgan fingerprint density at radius 2 is 2.25 bits per heavy atom. The van der Waals surface area contributed by atoms with E-state index in [1.807, 2.05) is 24.3 Å². The van der Waals surface area contributed by atoms with E-state index in [1.165, 1.54) is 11.5 Å². The highest BCUT2D eigenvalue weighted by Crippen LogP contribution is 2.27. The number of carbonyl (C=O) groups excluding carboxylic acids is 1. The fraction of sp³-hybridized carbons (Fsp3) is 0.333. The van der Waals surface area contributed by atoms with Crippen LogP contribution < -0.4 is 5.32 Å². The molecule has 0 saturated heterocycles. The number of carbonyl (C=O) groups is 1. The molecular weight excluding hydrogens is 292 g/mol. The van der Waals surface area contributed by atoms with Crippen LogP contribution in [0.3, 0.4) is 0 Å². The first-order valence-electron chi connectivity index (χ1n) is 6.61. The van der Waals surface area contributed by atoms with Gasteiger partial charge in [0, 0.05) is 11.4 Å². The van der Waals surface area contributed by atoms with Crippen LogP contribution in [0.4, 0.5) is 0 Å². The number of fused-ring (bicyclic) bond motifs is 1. The number of nitrogens with zero attached hydrogens (tertiary/aromatic N) is 1. The molecule has 1 amide bonds. The summed E-state index contributed by atoms with van der Waals surface area (Å²) < 4.78 is 5.29. The van der Waals surface area contributed by atoms with Gasteiger partial charge in [0.05, 0.1) is 10.1 Å². The van der Waals surface area contributed by atoms with Crippen LogP contribution in [0.5, 0.6) is 0 Å². The minimum atomic E-state index is -0.134. The Balaban J connectivity index is 1.78. The molecule has 1 heterocycles. The molecule has 2 unspecified atom stereocenters. The van der Waals surface area contributed by atoms with Crippen LogP contribution in [0.25, 0.3) is 10.1 Å². The molecule has 1 N–H and O–H groups in total. The fourth-order valence-electron chi connectivity index (χ4n) is 2.51. The van der Waals surface area contributed by atoms with Crippen molar-refractivity contribution in [2.45, 2.75) is 30.7 Å². The Kier molecular flexibility index (Phi) is 3.76. The fourth-order valence-corrected chi connectivity index (χ4v) is 3.69. The van der Waals surface area contributed by atoms with Crippen molar-refractivity contribution in [2.24, 2.45) is 0 Å². The monoisotopic (exact) mass is 306 g/mol. The van der Waals surface area contributed by atoms with Crippen molar-refractivity contribution in [3.05, 3.63) is 42.1 Å². The third-order valence-corrected chi connectivity index (χ3v) is 4.92. The predicted molar refractivity (Wildman–Crippen MR) is 83.5 cm³/mol. The third-order valence-electron chi connectivity index (χ3n) is 3.64. The van der Waals surface area contributed by atoms with Gasteiger partial charge in [0.1, 0.15) is 5.69 Å². The number of allylic oxidation sites excluding steroid dienone is 1. The van der Waals surface area contributed by atoms with Crippen molar-refractivity contribution in [3.8, 4) is 0 Å². The summed E-state index contributed by atoms with van der Waals surface area (Å²) in [5.41, 5.74) is 1.66. The first-order valence-corrected chi connectivity index (χ1v) is 7.82. The van der Waals surface area contributed by atoms with Gasteiger partial charge in [-0.25, -0.2) is 0 Å². The van der Waals surface area contributed by atoms with Crippen LogP contribution in [0, 0.1) is 0 Å². The lowest BCUT2D eigenvalue weighted by Crippen LogP contribution is -2.43. The molecule has 2 atom stereocenters. The van der Waals surface area contributed by atoms with Crippen molar-refractivity contribution >= 4 is 39.1 Å². The molecule has 3 nitrogen and oxygen atoms in total. The summed E-state index contributed by atoms with van der Waals surface area (Å²) in [7, 11) is 0. The van der Waals surface area contributed by atoms with Gasteiger partial charge in [-0.15, -0.1) is 11.6 Å². The summed E-state index contributed by atoms with van der Waals surface area (Å²) in [6, 6.07) is 7.76. The Hall–Kier alpha value is -1.39. The van der Waals surface area contributed by atoms with Gasteiger partial charge in [0.15, 0.2) is 0 Å². The number of alkyl halides is 1. The summed E-state index contributed by atoms with van der Waals surface area (Å²) in [5.74, 6) is -0.134. The molecule has 0 bridgehead atoms. The number of nitrogens with one attached hydrogen (secondary N) is 1. The molecule has 1 saturated carbocycles. The third kappa shape index (κ3) is 2.58. The molecule has 1 aromatic heterocycles. The standard InChI is InChI=1S/C15H15ClN2OS/c1-9-6-7-12(11(16)8-9)17-15(19)14-10-4-2-3-5-13(10)20-18-14/h2-5,11-12H,1,6-8H2,(H,17,19). The molecule has 104 valence electrons. The molecule has 1 aliphatic rings. The highest BCUT2D eigenvalue weighted by Gasteiger charge is 2.27. The smallest absolute Gasteiger partial charge is 0.271 e. The van der Waals surface area contributed by atoms with Crippen molar-refractivity contribution in [3.63, 3.8) is 0 Å². The quantitative estimate of drug-likeness (QED) is 0.678. The maximum Gasteiger partial charge on any atom is 0.271 e. The van der Waals surface area contributed by atoms with Crippen molar-refractivity contribution in [1.29, 1.82) is 0 Å². The SMILES string of the molecule is C=C1CCC(NC(=O)c2nsc3ccccc23)C(Cl)C1. The topological polar surface area (TPSA) is 42.0 Å². The largest absolute Gasteiger partial charge is 0.346 e. The van der Waals surface area contributed by atoms with Crippen LogP contribution >= 0.6 is 23.1 Å². The van der Waals surface area contributed by atoms with Crippen molar-refractivity contribution in [2.75, 3.05) is 0 Å². The summed E-state index contributed by atoms with van der Waals surface area (Å²) in [6.07, 6.45) is 2.54. The van der Waals surface area contributed by atoms with Gasteiger partial charge in [0.2, 0.25) is 0 Å². The Labute approximate surface area is 126 Å². The van der Waals surface area contributed by atoms with Crippen molar-refractivity contribution in [1.82, 2.24) is 9.69 Å². The maximum atomic E-state index is 12.4. The van der Waals surface area contributed by atoms with E-state index in [0.29, 0.717) is 5.69 Å². The second kappa shape index (κ2) is 5.54. The van der Waals surface area contributed by atoms with Gasteiger partial charge in [-0.3, -0.25) is 4.79 Å². The first kappa shape index (κ1) is 13.6. The summed E-state index contributed by atoms with van der Waals surface area (Å²) in [6.45, 7) is 3.96. The second-order valence-corrected chi connectivity index (χ2v) is 6.48. The zero-order valence-corrected chi connectivity index (χ0v) is 12.5. The molecule has 3 rings (SSSR count). The lowest BCUT2D eigenvalue weighted by molar-refractivity contribution is 0.0929. The Morgan fingerprint density at radius 3 is 3.05 bits per heavy atom. The molecule has 0 aliphatic heterocycles. The molecule has 0 radical (unpaired) electrons. The van der Waals surface area contributed by atoms with E-state index >= 15 is 0 Å². The first-order chi connectivity index (χ1) is 9.65. The van der Waals surface area contributed by atoms with E-state index in [2.05, 4.69) is 16.3 Å².